The molecule has 0 fully saturated rings. The molecule has 2 aromatic carbocycles. The van der Waals surface area contributed by atoms with Crippen molar-refractivity contribution in [3.8, 4) is 5.75 Å². The molecule has 2 rings (SSSR count). The fraction of sp³-hybridized carbons (Fsp3) is 0. The lowest BCUT2D eigenvalue weighted by molar-refractivity contribution is 0.0952. The van der Waals surface area contributed by atoms with Gasteiger partial charge in [-0.15, -0.1) is 0 Å². The number of nitrogens with zero attached hydrogens (tertiary/aromatic N) is 1. The van der Waals surface area contributed by atoms with Gasteiger partial charge in [0.2, 0.25) is 0 Å². The average Bonchev–Trinajstić information content (AvgIpc) is 2.45. The standard InChI is InChI=1S/C14H13N3O2S/c15-14(20)17(10-6-2-1-3-7-10)16-13(19)11-8-4-5-9-12(11)18/h1-9,18H,(H2,15,20)(H,16,19). The number of phenols is 1. The van der Waals surface area contributed by atoms with E-state index in [4.69, 9.17) is 18.0 Å². The lowest BCUT2D eigenvalue weighted by Crippen LogP contribution is -2.49. The van der Waals surface area contributed by atoms with Crippen LogP contribution in [0, 0.1) is 0 Å². The average molecular weight is 287 g/mol. The van der Waals surface area contributed by atoms with Crippen molar-refractivity contribution in [2.24, 2.45) is 5.73 Å². The van der Waals surface area contributed by atoms with Gasteiger partial charge >= 0.3 is 0 Å². The minimum Gasteiger partial charge on any atom is -0.507 e. The van der Waals surface area contributed by atoms with E-state index in [1.807, 2.05) is 6.07 Å². The van der Waals surface area contributed by atoms with E-state index in [9.17, 15) is 9.90 Å². The third-order valence-corrected chi connectivity index (χ3v) is 2.78. The van der Waals surface area contributed by atoms with E-state index in [-0.39, 0.29) is 16.4 Å². The second-order valence-corrected chi connectivity index (χ2v) is 4.39. The summed E-state index contributed by atoms with van der Waals surface area (Å²) < 4.78 is 0. The summed E-state index contributed by atoms with van der Waals surface area (Å²) in [6.07, 6.45) is 0. The van der Waals surface area contributed by atoms with E-state index in [1.165, 1.54) is 17.1 Å². The van der Waals surface area contributed by atoms with Crippen molar-refractivity contribution in [3.63, 3.8) is 0 Å². The van der Waals surface area contributed by atoms with Crippen LogP contribution in [0.3, 0.4) is 0 Å². The van der Waals surface area contributed by atoms with E-state index >= 15 is 0 Å². The van der Waals surface area contributed by atoms with Gasteiger partial charge in [0, 0.05) is 0 Å². The molecule has 0 unspecified atom stereocenters. The summed E-state index contributed by atoms with van der Waals surface area (Å²) >= 11 is 4.93. The third-order valence-electron chi connectivity index (χ3n) is 2.60. The van der Waals surface area contributed by atoms with Crippen LogP contribution in [-0.2, 0) is 0 Å². The minimum atomic E-state index is -0.500. The normalized spacial score (nSPS) is 9.80. The van der Waals surface area contributed by atoms with Gasteiger partial charge in [0.25, 0.3) is 5.91 Å². The number of nitrogens with one attached hydrogen (secondary N) is 1. The number of amides is 1. The highest BCUT2D eigenvalue weighted by atomic mass is 32.1. The molecular formula is C14H13N3O2S. The number of hydrogen-bond acceptors (Lipinski definition) is 3. The molecule has 0 saturated heterocycles. The van der Waals surface area contributed by atoms with Crippen molar-refractivity contribution >= 4 is 28.9 Å². The summed E-state index contributed by atoms with van der Waals surface area (Å²) in [4.78, 5) is 12.1. The maximum absolute atomic E-state index is 12.1. The van der Waals surface area contributed by atoms with E-state index in [2.05, 4.69) is 5.43 Å². The fourth-order valence-corrected chi connectivity index (χ4v) is 1.80. The number of rotatable bonds is 2. The first kappa shape index (κ1) is 13.8. The van der Waals surface area contributed by atoms with Gasteiger partial charge in [0.05, 0.1) is 11.3 Å². The molecule has 2 aromatic rings. The highest BCUT2D eigenvalue weighted by Crippen LogP contribution is 2.16. The maximum Gasteiger partial charge on any atom is 0.273 e. The molecule has 5 nitrogen and oxygen atoms in total. The van der Waals surface area contributed by atoms with Crippen LogP contribution in [0.2, 0.25) is 0 Å². The Hall–Kier alpha value is -2.60. The van der Waals surface area contributed by atoms with Crippen LogP contribution in [0.25, 0.3) is 0 Å². The Bertz CT molecular complexity index is 631. The summed E-state index contributed by atoms with van der Waals surface area (Å²) in [6, 6.07) is 15.2. The fourth-order valence-electron chi connectivity index (χ4n) is 1.65. The molecule has 0 aliphatic carbocycles. The summed E-state index contributed by atoms with van der Waals surface area (Å²) in [7, 11) is 0. The largest absolute Gasteiger partial charge is 0.507 e. The van der Waals surface area contributed by atoms with Crippen molar-refractivity contribution in [1.29, 1.82) is 0 Å². The van der Waals surface area contributed by atoms with Crippen LogP contribution in [0.4, 0.5) is 5.69 Å². The van der Waals surface area contributed by atoms with Gasteiger partial charge in [-0.2, -0.15) is 0 Å². The van der Waals surface area contributed by atoms with Crippen LogP contribution < -0.4 is 16.2 Å². The Morgan fingerprint density at radius 1 is 1.10 bits per heavy atom. The highest BCUT2D eigenvalue weighted by molar-refractivity contribution is 7.80. The van der Waals surface area contributed by atoms with E-state index in [1.54, 1.807) is 36.4 Å². The smallest absolute Gasteiger partial charge is 0.273 e. The molecule has 0 aromatic heterocycles. The predicted octanol–water partition coefficient (Wildman–Crippen LogP) is 1.79. The molecule has 20 heavy (non-hydrogen) atoms. The molecule has 6 heteroatoms. The number of carbonyl (C=O) groups is 1. The number of para-hydroxylation sites is 2. The number of phenolic OH excluding ortho intramolecular Hbond substituents is 1. The Morgan fingerprint density at radius 2 is 1.70 bits per heavy atom. The highest BCUT2D eigenvalue weighted by Gasteiger charge is 2.16. The molecule has 0 aliphatic rings. The lowest BCUT2D eigenvalue weighted by atomic mass is 10.2. The number of anilines is 1. The van der Waals surface area contributed by atoms with Gasteiger partial charge in [0.1, 0.15) is 5.75 Å². The van der Waals surface area contributed by atoms with E-state index < -0.39 is 5.91 Å². The van der Waals surface area contributed by atoms with Gasteiger partial charge < -0.3 is 10.8 Å². The number of thiocarbonyl (C=S) groups is 1. The topological polar surface area (TPSA) is 78.6 Å². The van der Waals surface area contributed by atoms with Gasteiger partial charge in [-0.1, -0.05) is 30.3 Å². The van der Waals surface area contributed by atoms with Gasteiger partial charge in [-0.25, -0.2) is 5.01 Å². The Kier molecular flexibility index (Phi) is 4.17. The first-order chi connectivity index (χ1) is 9.59. The second kappa shape index (κ2) is 6.03. The van der Waals surface area contributed by atoms with Crippen LogP contribution in [0.1, 0.15) is 10.4 Å². The SMILES string of the molecule is NC(=S)N(NC(=O)c1ccccc1O)c1ccccc1. The third kappa shape index (κ3) is 3.04. The number of benzene rings is 2. The van der Waals surface area contributed by atoms with Gasteiger partial charge in [-0.3, -0.25) is 10.2 Å². The molecule has 0 heterocycles. The van der Waals surface area contributed by atoms with Crippen LogP contribution in [0.15, 0.2) is 54.6 Å². The van der Waals surface area contributed by atoms with E-state index in [0.717, 1.165) is 0 Å². The zero-order chi connectivity index (χ0) is 14.5. The van der Waals surface area contributed by atoms with Crippen molar-refractivity contribution in [2.75, 3.05) is 5.01 Å². The first-order valence-electron chi connectivity index (χ1n) is 5.83. The summed E-state index contributed by atoms with van der Waals surface area (Å²) in [5.74, 6) is -0.610. The zero-order valence-corrected chi connectivity index (χ0v) is 11.3. The molecule has 0 spiro atoms. The van der Waals surface area contributed by atoms with Crippen LogP contribution >= 0.6 is 12.2 Å². The summed E-state index contributed by atoms with van der Waals surface area (Å²) in [6.45, 7) is 0. The first-order valence-corrected chi connectivity index (χ1v) is 6.24. The van der Waals surface area contributed by atoms with Gasteiger partial charge in [0.15, 0.2) is 5.11 Å². The van der Waals surface area contributed by atoms with Crippen molar-refractivity contribution in [3.05, 3.63) is 60.2 Å². The van der Waals surface area contributed by atoms with E-state index in [0.29, 0.717) is 5.69 Å². The number of nitrogens with two attached hydrogens (primary N) is 1. The number of carbonyl (C=O) groups excluding carboxylic acids is 1. The number of hydrogen-bond donors (Lipinski definition) is 3. The monoisotopic (exact) mass is 287 g/mol. The Morgan fingerprint density at radius 3 is 2.30 bits per heavy atom. The number of hydrazine groups is 1. The zero-order valence-electron chi connectivity index (χ0n) is 10.5. The Labute approximate surface area is 121 Å². The molecule has 4 N–H and O–H groups in total. The molecular weight excluding hydrogens is 274 g/mol. The molecule has 102 valence electrons. The number of aromatic hydroxyl groups is 1. The lowest BCUT2D eigenvalue weighted by Gasteiger charge is -2.23. The summed E-state index contributed by atoms with van der Waals surface area (Å²) in [5.41, 5.74) is 8.94. The maximum atomic E-state index is 12.1. The summed E-state index contributed by atoms with van der Waals surface area (Å²) in [5, 5.41) is 10.9. The molecule has 0 saturated carbocycles. The molecule has 1 amide bonds. The quantitative estimate of drug-likeness (QED) is 0.580. The van der Waals surface area contributed by atoms with Crippen LogP contribution in [-0.4, -0.2) is 16.1 Å². The Balaban J connectivity index is 2.24. The molecule has 0 bridgehead atoms. The second-order valence-electron chi connectivity index (χ2n) is 3.97. The molecule has 0 radical (unpaired) electrons. The van der Waals surface area contributed by atoms with Crippen molar-refractivity contribution in [2.45, 2.75) is 0 Å². The van der Waals surface area contributed by atoms with Crippen LogP contribution in [0.5, 0.6) is 5.75 Å². The minimum absolute atomic E-state index is 0.0000269. The molecule has 0 aliphatic heterocycles. The van der Waals surface area contributed by atoms with Gasteiger partial charge in [-0.05, 0) is 36.5 Å². The predicted molar refractivity (Wildman–Crippen MR) is 81.3 cm³/mol. The van der Waals surface area contributed by atoms with Crippen molar-refractivity contribution < 1.29 is 9.90 Å². The molecule has 0 atom stereocenters. The van der Waals surface area contributed by atoms with Crippen molar-refractivity contribution in [1.82, 2.24) is 5.43 Å².